The highest BCUT2D eigenvalue weighted by molar-refractivity contribution is 6.58. The molecule has 40 heavy (non-hydrogen) atoms. The van der Waals surface area contributed by atoms with Crippen molar-refractivity contribution in [3.05, 3.63) is 70.8 Å². The van der Waals surface area contributed by atoms with Crippen LogP contribution in [0.2, 0.25) is 6.32 Å². The summed E-state index contributed by atoms with van der Waals surface area (Å²) in [6.45, 7) is 4.13. The van der Waals surface area contributed by atoms with Gasteiger partial charge in [-0.25, -0.2) is 0 Å². The summed E-state index contributed by atoms with van der Waals surface area (Å²) >= 11 is 0. The Morgan fingerprint density at radius 1 is 1.12 bits per heavy atom. The van der Waals surface area contributed by atoms with Crippen molar-refractivity contribution in [2.45, 2.75) is 58.4 Å². The summed E-state index contributed by atoms with van der Waals surface area (Å²) in [5.74, 6) is -1.79. The topological polar surface area (TPSA) is 128 Å². The van der Waals surface area contributed by atoms with Gasteiger partial charge in [0, 0.05) is 0 Å². The molecule has 4 atom stereocenters. The lowest BCUT2D eigenvalue weighted by molar-refractivity contribution is -0.122. The number of carbonyl (C=O) groups excluding carboxylic acids is 2. The molecule has 208 valence electrons. The lowest BCUT2D eigenvalue weighted by Crippen LogP contribution is -2.46. The van der Waals surface area contributed by atoms with Crippen LogP contribution in [-0.4, -0.2) is 52.3 Å². The molecule has 1 aliphatic carbocycles. The first kappa shape index (κ1) is 28.4. The number of amides is 2. The summed E-state index contributed by atoms with van der Waals surface area (Å²) < 4.78 is 6.08. The van der Waals surface area contributed by atoms with Gasteiger partial charge in [-0.1, -0.05) is 54.8 Å². The molecule has 3 aliphatic rings. The van der Waals surface area contributed by atoms with Gasteiger partial charge in [0.2, 0.25) is 11.8 Å². The second-order valence-corrected chi connectivity index (χ2v) is 11.2. The second kappa shape index (κ2) is 11.7. The van der Waals surface area contributed by atoms with E-state index in [0.29, 0.717) is 18.5 Å². The average Bonchev–Trinajstić information content (AvgIpc) is 3.18. The maximum atomic E-state index is 13.9. The summed E-state index contributed by atoms with van der Waals surface area (Å²) in [5, 5.41) is 39.6. The zero-order chi connectivity index (χ0) is 28.6. The number of fused-ring (bicyclic) bond motifs is 3. The zero-order valence-corrected chi connectivity index (χ0v) is 22.9. The lowest BCUT2D eigenvalue weighted by Gasteiger charge is -2.43. The molecular formula is C30H35B2NO7. The van der Waals surface area contributed by atoms with Gasteiger partial charge in [0.05, 0.1) is 23.6 Å². The Kier molecular flexibility index (Phi) is 8.33. The summed E-state index contributed by atoms with van der Waals surface area (Å²) in [7, 11) is -2.75. The molecule has 8 nitrogen and oxygen atoms in total. The van der Waals surface area contributed by atoms with Crippen molar-refractivity contribution in [3.63, 3.8) is 0 Å². The number of phenols is 1. The van der Waals surface area contributed by atoms with Crippen molar-refractivity contribution in [2.75, 3.05) is 4.90 Å². The van der Waals surface area contributed by atoms with Crippen molar-refractivity contribution in [3.8, 4) is 5.75 Å². The molecule has 0 unspecified atom stereocenters. The minimum absolute atomic E-state index is 0.204. The molecule has 2 saturated heterocycles. The number of carbonyl (C=O) groups is 2. The summed E-state index contributed by atoms with van der Waals surface area (Å²) in [6, 6.07) is 13.2. The van der Waals surface area contributed by atoms with Crippen molar-refractivity contribution in [2.24, 2.45) is 17.8 Å². The van der Waals surface area contributed by atoms with Crippen LogP contribution in [0.1, 0.15) is 51.5 Å². The normalized spacial score (nSPS) is 24.9. The number of imide groups is 1. The lowest BCUT2D eigenvalue weighted by atomic mass is 9.58. The summed E-state index contributed by atoms with van der Waals surface area (Å²) in [4.78, 5) is 28.7. The second-order valence-electron chi connectivity index (χ2n) is 11.2. The number of nitrogens with zero attached hydrogens (tertiary/aromatic N) is 1. The molecule has 2 aromatic rings. The number of aromatic hydroxyl groups is 1. The van der Waals surface area contributed by atoms with Gasteiger partial charge in [-0.05, 0) is 85.7 Å². The van der Waals surface area contributed by atoms with E-state index in [1.54, 1.807) is 24.3 Å². The molecule has 2 aromatic carbocycles. The first-order valence-corrected chi connectivity index (χ1v) is 14.0. The summed E-state index contributed by atoms with van der Waals surface area (Å²) in [5.41, 5.74) is 4.85. The predicted octanol–water partition coefficient (Wildman–Crippen LogP) is 3.06. The highest BCUT2D eigenvalue weighted by Crippen LogP contribution is 2.52. The van der Waals surface area contributed by atoms with E-state index in [1.807, 2.05) is 19.1 Å². The Hall–Kier alpha value is -3.17. The third-order valence-corrected chi connectivity index (χ3v) is 8.39. The fraction of sp³-hybridized carbons (Fsp3) is 0.400. The van der Waals surface area contributed by atoms with Crippen LogP contribution in [0.4, 0.5) is 5.69 Å². The minimum atomic E-state index is -1.71. The molecule has 0 radical (unpaired) electrons. The molecule has 0 saturated carbocycles. The van der Waals surface area contributed by atoms with Gasteiger partial charge in [-0.3, -0.25) is 14.5 Å². The third-order valence-electron chi connectivity index (χ3n) is 8.39. The number of rotatable bonds is 8. The van der Waals surface area contributed by atoms with E-state index in [2.05, 4.69) is 13.0 Å². The maximum absolute atomic E-state index is 13.9. The van der Waals surface area contributed by atoms with E-state index in [0.717, 1.165) is 41.5 Å². The van der Waals surface area contributed by atoms with Gasteiger partial charge in [0.1, 0.15) is 5.75 Å². The van der Waals surface area contributed by atoms with Crippen LogP contribution < -0.4 is 10.4 Å². The monoisotopic (exact) mass is 543 g/mol. The molecule has 10 heteroatoms. The Bertz CT molecular complexity index is 1340. The molecule has 0 bridgehead atoms. The smallest absolute Gasteiger partial charge is 0.488 e. The van der Waals surface area contributed by atoms with E-state index in [-0.39, 0.29) is 41.4 Å². The van der Waals surface area contributed by atoms with Crippen molar-refractivity contribution in [1.29, 1.82) is 0 Å². The highest BCUT2D eigenvalue weighted by Gasteiger charge is 2.57. The van der Waals surface area contributed by atoms with Gasteiger partial charge in [-0.15, -0.1) is 0 Å². The van der Waals surface area contributed by atoms with E-state index in [9.17, 15) is 29.8 Å². The van der Waals surface area contributed by atoms with Crippen molar-refractivity contribution < 1.29 is 34.4 Å². The van der Waals surface area contributed by atoms with Crippen LogP contribution in [0.5, 0.6) is 5.75 Å². The molecule has 5 rings (SSSR count). The van der Waals surface area contributed by atoms with Crippen LogP contribution in [0.25, 0.3) is 6.08 Å². The Balaban J connectivity index is 1.43. The zero-order valence-electron chi connectivity index (χ0n) is 22.9. The number of hydrogen-bond donors (Lipinski definition) is 4. The molecule has 2 aliphatic heterocycles. The summed E-state index contributed by atoms with van der Waals surface area (Å²) in [6.07, 6.45) is 5.47. The third kappa shape index (κ3) is 5.54. The van der Waals surface area contributed by atoms with Crippen LogP contribution in [0, 0.1) is 17.8 Å². The molecule has 0 spiro atoms. The van der Waals surface area contributed by atoms with Crippen LogP contribution in [0.3, 0.4) is 0 Å². The molecule has 2 fully saturated rings. The van der Waals surface area contributed by atoms with Crippen molar-refractivity contribution in [1.82, 2.24) is 0 Å². The Morgan fingerprint density at radius 3 is 2.58 bits per heavy atom. The molecule has 4 N–H and O–H groups in total. The first-order chi connectivity index (χ1) is 19.2. The van der Waals surface area contributed by atoms with Crippen molar-refractivity contribution >= 4 is 43.3 Å². The van der Waals surface area contributed by atoms with Gasteiger partial charge < -0.3 is 24.8 Å². The van der Waals surface area contributed by atoms with Crippen LogP contribution in [-0.2, 0) is 14.2 Å². The molecular weight excluding hydrogens is 508 g/mol. The number of benzene rings is 2. The fourth-order valence-corrected chi connectivity index (χ4v) is 6.67. The number of allylic oxidation sites excluding steroid dienone is 2. The van der Waals surface area contributed by atoms with E-state index >= 15 is 0 Å². The standard InChI is InChI=1S/C30H35B2NO7/c1-3-5-20-15-24-28(30(36)33(29(24)35)22-7-4-6-21(16-22)32(38)39)25-17-31(37)40-26(27(20)25)13-8-18(2)14-19-9-11-23(34)12-10-19/h4,6-7,9-12,14,16,24-26,28,34,37-39H,3,5,8,13,15,17H2,1-2H3/b18-14+/t24-,25+,26-,28-/m1/s1. The van der Waals surface area contributed by atoms with E-state index in [1.165, 1.54) is 17.0 Å². The highest BCUT2D eigenvalue weighted by atomic mass is 16.5. The average molecular weight is 543 g/mol. The Morgan fingerprint density at radius 2 is 1.88 bits per heavy atom. The fourth-order valence-electron chi connectivity index (χ4n) is 6.67. The SMILES string of the molecule is CCCC1=C2[C@@H](CC/C(C)=C/c3ccc(O)cc3)OB(O)C[C@@H]2[C@@H]2C(=O)N(c3cccc(B(O)O)c3)C(=O)[C@@H]2C1. The predicted molar refractivity (Wildman–Crippen MR) is 154 cm³/mol. The van der Waals surface area contributed by atoms with Gasteiger partial charge >= 0.3 is 14.2 Å². The van der Waals surface area contributed by atoms with E-state index in [4.69, 9.17) is 4.65 Å². The van der Waals surface area contributed by atoms with Gasteiger partial charge in [-0.2, -0.15) is 0 Å². The number of hydrogen-bond acceptors (Lipinski definition) is 7. The first-order valence-electron chi connectivity index (χ1n) is 14.0. The Labute approximate surface area is 235 Å². The number of phenolic OH excluding ortho intramolecular Hbond substituents is 1. The minimum Gasteiger partial charge on any atom is -0.508 e. The van der Waals surface area contributed by atoms with Gasteiger partial charge in [0.15, 0.2) is 0 Å². The molecule has 2 heterocycles. The molecule has 2 amide bonds. The van der Waals surface area contributed by atoms with E-state index < -0.39 is 26.1 Å². The van der Waals surface area contributed by atoms with Crippen LogP contribution >= 0.6 is 0 Å². The largest absolute Gasteiger partial charge is 0.508 e. The van der Waals surface area contributed by atoms with Crippen LogP contribution in [0.15, 0.2) is 65.3 Å². The molecule has 0 aromatic heterocycles. The maximum Gasteiger partial charge on any atom is 0.488 e. The number of anilines is 1. The quantitative estimate of drug-likeness (QED) is 0.229. The van der Waals surface area contributed by atoms with Gasteiger partial charge in [0.25, 0.3) is 0 Å².